The maximum Gasteiger partial charge on any atom is 0.123 e. The molecule has 0 fully saturated rings. The van der Waals surface area contributed by atoms with Crippen molar-refractivity contribution in [2.45, 2.75) is 32.9 Å². The fourth-order valence-electron chi connectivity index (χ4n) is 2.25. The van der Waals surface area contributed by atoms with Gasteiger partial charge in [-0.2, -0.15) is 0 Å². The zero-order valence-corrected chi connectivity index (χ0v) is 11.2. The van der Waals surface area contributed by atoms with Crippen LogP contribution in [-0.4, -0.2) is 9.55 Å². The van der Waals surface area contributed by atoms with Gasteiger partial charge in [0.25, 0.3) is 0 Å². The topological polar surface area (TPSA) is 55.9 Å². The van der Waals surface area contributed by atoms with Crippen molar-refractivity contribution < 1.29 is 4.39 Å². The smallest absolute Gasteiger partial charge is 0.123 e. The van der Waals surface area contributed by atoms with Gasteiger partial charge in [0.15, 0.2) is 0 Å². The molecular weight excluding hydrogens is 243 g/mol. The predicted octanol–water partition coefficient (Wildman–Crippen LogP) is 2.10. The van der Waals surface area contributed by atoms with E-state index in [4.69, 9.17) is 5.84 Å². The Balaban J connectivity index is 2.27. The first kappa shape index (κ1) is 13.7. The monoisotopic (exact) mass is 262 g/mol. The minimum atomic E-state index is -0.250. The summed E-state index contributed by atoms with van der Waals surface area (Å²) in [5, 5.41) is 0. The molecule has 0 amide bonds. The lowest BCUT2D eigenvalue weighted by atomic mass is 9.99. The fourth-order valence-corrected chi connectivity index (χ4v) is 2.25. The second kappa shape index (κ2) is 5.95. The van der Waals surface area contributed by atoms with Gasteiger partial charge in [0, 0.05) is 25.4 Å². The van der Waals surface area contributed by atoms with Gasteiger partial charge in [-0.1, -0.05) is 6.07 Å². The van der Waals surface area contributed by atoms with Crippen LogP contribution in [0.25, 0.3) is 0 Å². The summed E-state index contributed by atoms with van der Waals surface area (Å²) < 4.78 is 15.4. The second-order valence-electron chi connectivity index (χ2n) is 4.55. The number of aromatic nitrogens is 2. The minimum absolute atomic E-state index is 0.150. The molecule has 0 bridgehead atoms. The molecule has 19 heavy (non-hydrogen) atoms. The maximum atomic E-state index is 13.4. The van der Waals surface area contributed by atoms with Crippen molar-refractivity contribution in [1.29, 1.82) is 0 Å². The highest BCUT2D eigenvalue weighted by Gasteiger charge is 2.16. The Kier molecular flexibility index (Phi) is 4.29. The summed E-state index contributed by atoms with van der Waals surface area (Å²) in [6.07, 6.45) is 4.33. The van der Waals surface area contributed by atoms with Gasteiger partial charge < -0.3 is 4.57 Å². The molecule has 3 N–H and O–H groups in total. The van der Waals surface area contributed by atoms with Gasteiger partial charge in [0.2, 0.25) is 0 Å². The van der Waals surface area contributed by atoms with E-state index >= 15 is 0 Å². The van der Waals surface area contributed by atoms with Gasteiger partial charge >= 0.3 is 0 Å². The number of halogens is 1. The quantitative estimate of drug-likeness (QED) is 0.641. The molecule has 0 saturated heterocycles. The van der Waals surface area contributed by atoms with E-state index in [1.165, 1.54) is 12.1 Å². The van der Waals surface area contributed by atoms with Gasteiger partial charge in [-0.3, -0.25) is 11.3 Å². The van der Waals surface area contributed by atoms with Crippen molar-refractivity contribution in [2.24, 2.45) is 5.84 Å². The molecule has 1 aromatic heterocycles. The van der Waals surface area contributed by atoms with E-state index in [1.54, 1.807) is 12.3 Å². The molecule has 0 saturated carbocycles. The van der Waals surface area contributed by atoms with Crippen LogP contribution in [0, 0.1) is 12.7 Å². The number of rotatable bonds is 5. The average molecular weight is 262 g/mol. The van der Waals surface area contributed by atoms with Crippen molar-refractivity contribution in [1.82, 2.24) is 15.0 Å². The summed E-state index contributed by atoms with van der Waals surface area (Å²) in [6.45, 7) is 4.86. The lowest BCUT2D eigenvalue weighted by Crippen LogP contribution is -2.31. The number of nitrogens with two attached hydrogens (primary N) is 1. The van der Waals surface area contributed by atoms with E-state index in [0.29, 0.717) is 6.42 Å². The second-order valence-corrected chi connectivity index (χ2v) is 4.55. The minimum Gasteiger partial charge on any atom is -0.335 e. The molecule has 0 aliphatic rings. The molecule has 1 atom stereocenters. The number of imidazole rings is 1. The summed E-state index contributed by atoms with van der Waals surface area (Å²) >= 11 is 0. The van der Waals surface area contributed by atoms with Gasteiger partial charge in [0.05, 0.1) is 6.04 Å². The summed E-state index contributed by atoms with van der Waals surface area (Å²) in [6, 6.07) is 4.60. The molecule has 1 heterocycles. The van der Waals surface area contributed by atoms with Crippen molar-refractivity contribution >= 4 is 0 Å². The third-order valence-electron chi connectivity index (χ3n) is 3.35. The number of hydrogen-bond acceptors (Lipinski definition) is 3. The number of hydrogen-bond donors (Lipinski definition) is 2. The third kappa shape index (κ3) is 3.00. The molecule has 4 nitrogen and oxygen atoms in total. The standard InChI is InChI=1S/C14H19FN4/c1-3-19-7-6-17-14(19)9-13(18-16)12-8-11(15)5-4-10(12)2/h4-8,13,18H,3,9,16H2,1-2H3. The van der Waals surface area contributed by atoms with Crippen molar-refractivity contribution in [2.75, 3.05) is 0 Å². The largest absolute Gasteiger partial charge is 0.335 e. The first-order valence-electron chi connectivity index (χ1n) is 6.38. The van der Waals surface area contributed by atoms with E-state index < -0.39 is 0 Å². The van der Waals surface area contributed by atoms with Crippen molar-refractivity contribution in [3.8, 4) is 0 Å². The van der Waals surface area contributed by atoms with Gasteiger partial charge in [-0.05, 0) is 37.1 Å². The van der Waals surface area contributed by atoms with Crippen molar-refractivity contribution in [3.05, 3.63) is 53.4 Å². The molecule has 0 spiro atoms. The van der Waals surface area contributed by atoms with E-state index in [2.05, 4.69) is 21.9 Å². The zero-order chi connectivity index (χ0) is 13.8. The molecule has 1 unspecified atom stereocenters. The van der Waals surface area contributed by atoms with Crippen LogP contribution in [0.4, 0.5) is 4.39 Å². The van der Waals surface area contributed by atoms with E-state index in [0.717, 1.165) is 23.5 Å². The van der Waals surface area contributed by atoms with E-state index in [9.17, 15) is 4.39 Å². The molecule has 0 aliphatic heterocycles. The normalized spacial score (nSPS) is 12.6. The first-order chi connectivity index (χ1) is 9.15. The molecule has 2 rings (SSSR count). The molecule has 102 valence electrons. The molecule has 2 aromatic rings. The highest BCUT2D eigenvalue weighted by Crippen LogP contribution is 2.21. The predicted molar refractivity (Wildman–Crippen MR) is 72.8 cm³/mol. The van der Waals surface area contributed by atoms with Crippen LogP contribution in [-0.2, 0) is 13.0 Å². The molecule has 0 aliphatic carbocycles. The van der Waals surface area contributed by atoms with Crippen LogP contribution >= 0.6 is 0 Å². The Morgan fingerprint density at radius 3 is 2.95 bits per heavy atom. The molecule has 0 radical (unpaired) electrons. The van der Waals surface area contributed by atoms with Crippen LogP contribution in [0.15, 0.2) is 30.6 Å². The fraction of sp³-hybridized carbons (Fsp3) is 0.357. The zero-order valence-electron chi connectivity index (χ0n) is 11.2. The number of nitrogens with zero attached hydrogens (tertiary/aromatic N) is 2. The highest BCUT2D eigenvalue weighted by atomic mass is 19.1. The lowest BCUT2D eigenvalue weighted by molar-refractivity contribution is 0.516. The lowest BCUT2D eigenvalue weighted by Gasteiger charge is -2.19. The summed E-state index contributed by atoms with van der Waals surface area (Å²) in [4.78, 5) is 4.33. The SMILES string of the molecule is CCn1ccnc1CC(NN)c1cc(F)ccc1C. The van der Waals surface area contributed by atoms with Crippen molar-refractivity contribution in [3.63, 3.8) is 0 Å². The van der Waals surface area contributed by atoms with Crippen LogP contribution in [0.1, 0.15) is 29.9 Å². The Hall–Kier alpha value is -1.72. The van der Waals surface area contributed by atoms with Crippen LogP contribution in [0.3, 0.4) is 0 Å². The van der Waals surface area contributed by atoms with E-state index in [1.807, 2.05) is 13.1 Å². The number of nitrogens with one attached hydrogen (secondary N) is 1. The van der Waals surface area contributed by atoms with Crippen LogP contribution in [0.5, 0.6) is 0 Å². The number of benzene rings is 1. The Morgan fingerprint density at radius 1 is 1.47 bits per heavy atom. The van der Waals surface area contributed by atoms with Gasteiger partial charge in [-0.25, -0.2) is 9.37 Å². The number of aryl methyl sites for hydroxylation is 2. The molecular formula is C14H19FN4. The van der Waals surface area contributed by atoms with Crippen LogP contribution < -0.4 is 11.3 Å². The molecule has 5 heteroatoms. The van der Waals surface area contributed by atoms with Gasteiger partial charge in [-0.15, -0.1) is 0 Å². The summed E-state index contributed by atoms with van der Waals surface area (Å²) in [5.74, 6) is 6.31. The number of hydrazine groups is 1. The highest BCUT2D eigenvalue weighted by molar-refractivity contribution is 5.30. The Labute approximate surface area is 112 Å². The summed E-state index contributed by atoms with van der Waals surface area (Å²) in [5.41, 5.74) is 4.64. The average Bonchev–Trinajstić information content (AvgIpc) is 2.86. The summed E-state index contributed by atoms with van der Waals surface area (Å²) in [7, 11) is 0. The van der Waals surface area contributed by atoms with Crippen LogP contribution in [0.2, 0.25) is 0 Å². The van der Waals surface area contributed by atoms with Gasteiger partial charge in [0.1, 0.15) is 11.6 Å². The Bertz CT molecular complexity index is 550. The third-order valence-corrected chi connectivity index (χ3v) is 3.35. The maximum absolute atomic E-state index is 13.4. The van der Waals surface area contributed by atoms with E-state index in [-0.39, 0.29) is 11.9 Å². The molecule has 1 aromatic carbocycles. The first-order valence-corrected chi connectivity index (χ1v) is 6.38. The Morgan fingerprint density at radius 2 is 2.26 bits per heavy atom.